The Kier molecular flexibility index (Phi) is 6.68. The van der Waals surface area contributed by atoms with Crippen LogP contribution in [0.2, 0.25) is 0 Å². The van der Waals surface area contributed by atoms with E-state index >= 15 is 0 Å². The molecule has 0 aliphatic rings. The van der Waals surface area contributed by atoms with Crippen molar-refractivity contribution in [3.63, 3.8) is 0 Å². The first-order valence-corrected chi connectivity index (χ1v) is 7.64. The Morgan fingerprint density at radius 3 is 2.72 bits per heavy atom. The van der Waals surface area contributed by atoms with Gasteiger partial charge in [0.1, 0.15) is 5.82 Å². The molecule has 4 heteroatoms. The molecule has 1 unspecified atom stereocenters. The van der Waals surface area contributed by atoms with Crippen LogP contribution in [0.15, 0.2) is 18.2 Å². The van der Waals surface area contributed by atoms with Crippen molar-refractivity contribution in [3.05, 3.63) is 35.1 Å². The molecular weight excluding hydrogens is 247 g/mol. The molecule has 0 heterocycles. The summed E-state index contributed by atoms with van der Waals surface area (Å²) in [6.45, 7) is 3.43. The summed E-state index contributed by atoms with van der Waals surface area (Å²) < 4.78 is 13.1. The third-order valence-electron chi connectivity index (χ3n) is 3.30. The van der Waals surface area contributed by atoms with Gasteiger partial charge in [0.15, 0.2) is 0 Å². The van der Waals surface area contributed by atoms with E-state index in [1.165, 1.54) is 17.9 Å². The Balaban J connectivity index is 2.66. The van der Waals surface area contributed by atoms with Crippen LogP contribution in [-0.4, -0.2) is 30.0 Å². The molecule has 0 aliphatic heterocycles. The van der Waals surface area contributed by atoms with Crippen molar-refractivity contribution in [3.8, 4) is 0 Å². The second-order valence-electron chi connectivity index (χ2n) is 4.66. The Morgan fingerprint density at radius 1 is 1.39 bits per heavy atom. The highest BCUT2D eigenvalue weighted by molar-refractivity contribution is 7.98. The van der Waals surface area contributed by atoms with Gasteiger partial charge in [0, 0.05) is 19.1 Å². The molecular formula is C14H23FN2S. The molecule has 1 aromatic carbocycles. The van der Waals surface area contributed by atoms with Gasteiger partial charge in [-0.3, -0.25) is 4.90 Å². The third-order valence-corrected chi connectivity index (χ3v) is 3.94. The SMILES string of the molecule is CSCCC(C)N(C)Cc1ccc(F)cc1CN. The molecule has 1 aromatic rings. The van der Waals surface area contributed by atoms with E-state index in [1.54, 1.807) is 0 Å². The largest absolute Gasteiger partial charge is 0.326 e. The van der Waals surface area contributed by atoms with E-state index in [0.29, 0.717) is 12.6 Å². The van der Waals surface area contributed by atoms with Crippen LogP contribution in [0, 0.1) is 5.82 Å². The fraction of sp³-hybridized carbons (Fsp3) is 0.571. The number of rotatable bonds is 7. The lowest BCUT2D eigenvalue weighted by Crippen LogP contribution is -2.29. The molecule has 0 bridgehead atoms. The lowest BCUT2D eigenvalue weighted by atomic mass is 10.1. The molecule has 0 aromatic heterocycles. The Bertz CT molecular complexity index is 371. The summed E-state index contributed by atoms with van der Waals surface area (Å²) in [5.41, 5.74) is 7.69. The highest BCUT2D eigenvalue weighted by Crippen LogP contribution is 2.15. The number of halogens is 1. The van der Waals surface area contributed by atoms with Crippen LogP contribution in [0.3, 0.4) is 0 Å². The maximum Gasteiger partial charge on any atom is 0.123 e. The molecule has 0 amide bonds. The molecule has 1 atom stereocenters. The lowest BCUT2D eigenvalue weighted by molar-refractivity contribution is 0.244. The van der Waals surface area contributed by atoms with Gasteiger partial charge in [-0.15, -0.1) is 0 Å². The summed E-state index contributed by atoms with van der Waals surface area (Å²) in [5.74, 6) is 0.955. The van der Waals surface area contributed by atoms with Gasteiger partial charge in [-0.1, -0.05) is 6.07 Å². The molecule has 18 heavy (non-hydrogen) atoms. The third kappa shape index (κ3) is 4.59. The monoisotopic (exact) mass is 270 g/mol. The van der Waals surface area contributed by atoms with Gasteiger partial charge in [0.25, 0.3) is 0 Å². The average Bonchev–Trinajstić information content (AvgIpc) is 2.37. The summed E-state index contributed by atoms with van der Waals surface area (Å²) in [4.78, 5) is 2.29. The maximum atomic E-state index is 13.1. The van der Waals surface area contributed by atoms with E-state index in [0.717, 1.165) is 24.1 Å². The number of hydrogen-bond donors (Lipinski definition) is 1. The predicted molar refractivity (Wildman–Crippen MR) is 78.2 cm³/mol. The number of benzene rings is 1. The predicted octanol–water partition coefficient (Wildman–Crippen LogP) is 2.86. The van der Waals surface area contributed by atoms with Crippen molar-refractivity contribution < 1.29 is 4.39 Å². The van der Waals surface area contributed by atoms with Crippen LogP contribution in [0.5, 0.6) is 0 Å². The van der Waals surface area contributed by atoms with Crippen molar-refractivity contribution in [2.45, 2.75) is 32.5 Å². The van der Waals surface area contributed by atoms with Gasteiger partial charge >= 0.3 is 0 Å². The highest BCUT2D eigenvalue weighted by atomic mass is 32.2. The van der Waals surface area contributed by atoms with Crippen LogP contribution < -0.4 is 5.73 Å². The lowest BCUT2D eigenvalue weighted by Gasteiger charge is -2.25. The zero-order valence-corrected chi connectivity index (χ0v) is 12.3. The Hall–Kier alpha value is -0.580. The van der Waals surface area contributed by atoms with Crippen LogP contribution in [0.25, 0.3) is 0 Å². The minimum absolute atomic E-state index is 0.211. The molecule has 0 saturated carbocycles. The first-order chi connectivity index (χ1) is 8.58. The maximum absolute atomic E-state index is 13.1. The summed E-state index contributed by atoms with van der Waals surface area (Å²) in [6.07, 6.45) is 3.29. The fourth-order valence-electron chi connectivity index (χ4n) is 1.87. The number of nitrogens with two attached hydrogens (primary N) is 1. The van der Waals surface area contributed by atoms with Crippen molar-refractivity contribution in [1.82, 2.24) is 4.90 Å². The summed E-state index contributed by atoms with van der Waals surface area (Å²) in [7, 11) is 2.11. The minimum Gasteiger partial charge on any atom is -0.326 e. The molecule has 0 spiro atoms. The smallest absolute Gasteiger partial charge is 0.123 e. The van der Waals surface area contributed by atoms with Gasteiger partial charge in [0.05, 0.1) is 0 Å². The average molecular weight is 270 g/mol. The van der Waals surface area contributed by atoms with Crippen LogP contribution >= 0.6 is 11.8 Å². The van der Waals surface area contributed by atoms with Crippen molar-refractivity contribution in [2.75, 3.05) is 19.1 Å². The first-order valence-electron chi connectivity index (χ1n) is 6.25. The van der Waals surface area contributed by atoms with Gasteiger partial charge in [0.2, 0.25) is 0 Å². The number of thioether (sulfide) groups is 1. The van der Waals surface area contributed by atoms with Crippen molar-refractivity contribution >= 4 is 11.8 Å². The summed E-state index contributed by atoms with van der Waals surface area (Å²) in [5, 5.41) is 0. The van der Waals surface area contributed by atoms with Gasteiger partial charge in [-0.2, -0.15) is 11.8 Å². The molecule has 0 aliphatic carbocycles. The second-order valence-corrected chi connectivity index (χ2v) is 5.65. The minimum atomic E-state index is -0.211. The Morgan fingerprint density at radius 2 is 2.11 bits per heavy atom. The molecule has 2 nitrogen and oxygen atoms in total. The quantitative estimate of drug-likeness (QED) is 0.826. The zero-order chi connectivity index (χ0) is 13.5. The Labute approximate surface area is 114 Å². The standard InChI is InChI=1S/C14H23FN2S/c1-11(6-7-18-3)17(2)10-12-4-5-14(15)8-13(12)9-16/h4-5,8,11H,6-7,9-10,16H2,1-3H3. The van der Waals surface area contributed by atoms with Crippen molar-refractivity contribution in [1.29, 1.82) is 0 Å². The van der Waals surface area contributed by atoms with Crippen molar-refractivity contribution in [2.24, 2.45) is 5.73 Å². The molecule has 2 N–H and O–H groups in total. The molecule has 0 fully saturated rings. The topological polar surface area (TPSA) is 29.3 Å². The van der Waals surface area contributed by atoms with Gasteiger partial charge in [-0.25, -0.2) is 4.39 Å². The van der Waals surface area contributed by atoms with Crippen LogP contribution in [-0.2, 0) is 13.1 Å². The van der Waals surface area contributed by atoms with E-state index in [9.17, 15) is 4.39 Å². The summed E-state index contributed by atoms with van der Waals surface area (Å²) >= 11 is 1.87. The molecule has 1 rings (SSSR count). The number of nitrogens with zero attached hydrogens (tertiary/aromatic N) is 1. The zero-order valence-electron chi connectivity index (χ0n) is 11.4. The van der Waals surface area contributed by atoms with Gasteiger partial charge < -0.3 is 5.73 Å². The second kappa shape index (κ2) is 7.77. The van der Waals surface area contributed by atoms with E-state index in [4.69, 9.17) is 5.73 Å². The van der Waals surface area contributed by atoms with E-state index < -0.39 is 0 Å². The van der Waals surface area contributed by atoms with E-state index in [2.05, 4.69) is 25.1 Å². The molecule has 0 saturated heterocycles. The van der Waals surface area contributed by atoms with Gasteiger partial charge in [-0.05, 0) is 55.7 Å². The van der Waals surface area contributed by atoms with Crippen LogP contribution in [0.4, 0.5) is 4.39 Å². The van der Waals surface area contributed by atoms with Crippen LogP contribution in [0.1, 0.15) is 24.5 Å². The first kappa shape index (κ1) is 15.5. The fourth-order valence-corrected chi connectivity index (χ4v) is 2.45. The highest BCUT2D eigenvalue weighted by Gasteiger charge is 2.11. The van der Waals surface area contributed by atoms with E-state index in [1.807, 2.05) is 17.8 Å². The van der Waals surface area contributed by atoms with E-state index in [-0.39, 0.29) is 5.82 Å². The molecule has 102 valence electrons. The molecule has 0 radical (unpaired) electrons. The normalized spacial score (nSPS) is 13.0. The summed E-state index contributed by atoms with van der Waals surface area (Å²) in [6, 6.07) is 5.41. The number of hydrogen-bond acceptors (Lipinski definition) is 3.